The molecule has 11 heteroatoms. The molecule has 36 heavy (non-hydrogen) atoms. The number of rotatable bonds is 8. The van der Waals surface area contributed by atoms with E-state index in [1.54, 1.807) is 10.7 Å². The number of nitriles is 1. The van der Waals surface area contributed by atoms with Crippen LogP contribution in [-0.4, -0.2) is 41.6 Å². The van der Waals surface area contributed by atoms with Gasteiger partial charge >= 0.3 is 6.18 Å². The second-order valence-corrected chi connectivity index (χ2v) is 9.78. The maximum atomic E-state index is 13.0. The summed E-state index contributed by atoms with van der Waals surface area (Å²) in [5.74, 6) is 0.350. The van der Waals surface area contributed by atoms with Gasteiger partial charge in [0.2, 0.25) is 0 Å². The highest BCUT2D eigenvalue weighted by molar-refractivity contribution is 6.36. The van der Waals surface area contributed by atoms with Crippen LogP contribution < -0.4 is 15.4 Å². The summed E-state index contributed by atoms with van der Waals surface area (Å²) in [6.45, 7) is 5.61. The van der Waals surface area contributed by atoms with Crippen molar-refractivity contribution in [1.29, 1.82) is 5.26 Å². The summed E-state index contributed by atoms with van der Waals surface area (Å²) in [7, 11) is 1.40. The lowest BCUT2D eigenvalue weighted by atomic mass is 9.72. The van der Waals surface area contributed by atoms with Crippen LogP contribution >= 0.6 is 11.6 Å². The average Bonchev–Trinajstić information content (AvgIpc) is 3.19. The van der Waals surface area contributed by atoms with Crippen LogP contribution in [0.1, 0.15) is 56.9 Å². The van der Waals surface area contributed by atoms with E-state index in [2.05, 4.69) is 28.7 Å². The zero-order valence-corrected chi connectivity index (χ0v) is 21.6. The van der Waals surface area contributed by atoms with E-state index >= 15 is 0 Å². The number of halogens is 4. The Bertz CT molecular complexity index is 1130. The minimum absolute atomic E-state index is 0.0146. The van der Waals surface area contributed by atoms with E-state index < -0.39 is 23.5 Å². The van der Waals surface area contributed by atoms with Crippen LogP contribution in [0.3, 0.4) is 0 Å². The highest BCUT2D eigenvalue weighted by Crippen LogP contribution is 2.40. The Morgan fingerprint density at radius 2 is 2.06 bits per heavy atom. The molecule has 2 N–H and O–H groups in total. The number of benzene rings is 1. The molecule has 0 saturated heterocycles. The van der Waals surface area contributed by atoms with Crippen molar-refractivity contribution in [3.05, 3.63) is 28.9 Å². The highest BCUT2D eigenvalue weighted by Gasteiger charge is 2.37. The van der Waals surface area contributed by atoms with Gasteiger partial charge in [0, 0.05) is 30.4 Å². The maximum absolute atomic E-state index is 13.0. The number of carbonyl (C=O) groups excluding carboxylic acids is 1. The van der Waals surface area contributed by atoms with Crippen molar-refractivity contribution >= 4 is 23.2 Å². The quantitative estimate of drug-likeness (QED) is 0.438. The van der Waals surface area contributed by atoms with Crippen LogP contribution in [0.5, 0.6) is 5.75 Å². The zero-order valence-electron chi connectivity index (χ0n) is 20.8. The summed E-state index contributed by atoms with van der Waals surface area (Å²) in [6.07, 6.45) is -1.09. The monoisotopic (exact) mass is 525 g/mol. The van der Waals surface area contributed by atoms with Gasteiger partial charge in [0.1, 0.15) is 11.8 Å². The van der Waals surface area contributed by atoms with Crippen molar-refractivity contribution in [2.45, 2.75) is 65.2 Å². The number of aryl methyl sites for hydroxylation is 1. The molecule has 1 aromatic carbocycles. The number of nitrogens with one attached hydrogen (secondary N) is 2. The predicted molar refractivity (Wildman–Crippen MR) is 132 cm³/mol. The third-order valence-electron chi connectivity index (χ3n) is 6.80. The Hall–Kier alpha value is -2.93. The molecule has 0 radical (unpaired) electrons. The Balaban J connectivity index is 1.87. The molecule has 0 spiro atoms. The van der Waals surface area contributed by atoms with Gasteiger partial charge in [0.15, 0.2) is 5.69 Å². The van der Waals surface area contributed by atoms with Gasteiger partial charge in [-0.05, 0) is 57.6 Å². The fourth-order valence-corrected chi connectivity index (χ4v) is 4.68. The summed E-state index contributed by atoms with van der Waals surface area (Å²) >= 11 is 6.63. The van der Waals surface area contributed by atoms with E-state index in [4.69, 9.17) is 16.3 Å². The third kappa shape index (κ3) is 5.89. The Labute approximate surface area is 213 Å². The number of ether oxygens (including phenoxy) is 1. The molecule has 7 nitrogen and oxygen atoms in total. The van der Waals surface area contributed by atoms with Gasteiger partial charge in [-0.25, -0.2) is 0 Å². The summed E-state index contributed by atoms with van der Waals surface area (Å²) in [4.78, 5) is 13.0. The molecular formula is C25H31ClF3N5O2. The van der Waals surface area contributed by atoms with Crippen LogP contribution in [0.2, 0.25) is 5.02 Å². The van der Waals surface area contributed by atoms with Gasteiger partial charge in [-0.1, -0.05) is 18.5 Å². The first-order valence-corrected chi connectivity index (χ1v) is 12.3. The maximum Gasteiger partial charge on any atom is 0.408 e. The number of hydrogen-bond donors (Lipinski definition) is 2. The molecule has 1 saturated carbocycles. The van der Waals surface area contributed by atoms with Crippen molar-refractivity contribution < 1.29 is 22.7 Å². The molecule has 0 unspecified atom stereocenters. The van der Waals surface area contributed by atoms with Crippen LogP contribution in [0.4, 0.5) is 18.9 Å². The number of anilines is 1. The van der Waals surface area contributed by atoms with E-state index in [9.17, 15) is 23.2 Å². The number of hydrogen-bond acceptors (Lipinski definition) is 5. The molecule has 1 aliphatic carbocycles. The number of alkyl halides is 3. The van der Waals surface area contributed by atoms with Crippen LogP contribution in [0.25, 0.3) is 11.3 Å². The normalized spacial score (nSPS) is 20.9. The molecule has 1 heterocycles. The molecule has 1 aromatic heterocycles. The number of aromatic nitrogens is 2. The lowest BCUT2D eigenvalue weighted by Gasteiger charge is -2.33. The molecular weight excluding hydrogens is 495 g/mol. The summed E-state index contributed by atoms with van der Waals surface area (Å²) < 4.78 is 45.9. The number of methoxy groups -OCH3 is 1. The summed E-state index contributed by atoms with van der Waals surface area (Å²) in [5.41, 5.74) is 0.528. The fourth-order valence-electron chi connectivity index (χ4n) is 4.36. The highest BCUT2D eigenvalue weighted by atomic mass is 35.5. The molecule has 196 valence electrons. The van der Waals surface area contributed by atoms with Crippen LogP contribution in [0, 0.1) is 22.7 Å². The van der Waals surface area contributed by atoms with Crippen molar-refractivity contribution in [1.82, 2.24) is 15.1 Å². The van der Waals surface area contributed by atoms with Crippen molar-refractivity contribution in [2.24, 2.45) is 11.3 Å². The van der Waals surface area contributed by atoms with Crippen LogP contribution in [-0.2, 0) is 6.54 Å². The lowest BCUT2D eigenvalue weighted by Crippen LogP contribution is -2.39. The molecule has 1 amide bonds. The van der Waals surface area contributed by atoms with E-state index in [0.717, 1.165) is 32.6 Å². The number of amides is 1. The van der Waals surface area contributed by atoms with Crippen molar-refractivity contribution in [3.63, 3.8) is 0 Å². The Kier molecular flexibility index (Phi) is 8.44. The zero-order chi connectivity index (χ0) is 26.7. The van der Waals surface area contributed by atoms with Gasteiger partial charge < -0.3 is 15.4 Å². The minimum atomic E-state index is -4.40. The van der Waals surface area contributed by atoms with Crippen LogP contribution in [0.15, 0.2) is 18.2 Å². The first-order chi connectivity index (χ1) is 16.9. The fraction of sp³-hybridized carbons (Fsp3) is 0.560. The largest absolute Gasteiger partial charge is 0.496 e. The molecule has 1 aliphatic rings. The summed E-state index contributed by atoms with van der Waals surface area (Å²) in [6, 6.07) is 5.15. The molecule has 3 rings (SSSR count). The first kappa shape index (κ1) is 27.7. The molecule has 0 bridgehead atoms. The van der Waals surface area contributed by atoms with Gasteiger partial charge in [0.05, 0.1) is 29.3 Å². The minimum Gasteiger partial charge on any atom is -0.496 e. The van der Waals surface area contributed by atoms with Gasteiger partial charge in [-0.2, -0.15) is 23.5 Å². The molecule has 0 aliphatic heterocycles. The smallest absolute Gasteiger partial charge is 0.408 e. The standard InChI is InChI=1S/C25H31ClF3N5O2/c1-5-34-22(18-7-6-17(12-19(18)36-4)32-16(3)25(27,28)29)20(26)21(33-34)23(35)31-14-24(13-30)10-8-15(2)9-11-24/h6-7,12,15-16,32H,5,8-11,14H2,1-4H3,(H,31,35)/t15?,16-,24?/m1/s1. The summed E-state index contributed by atoms with van der Waals surface area (Å²) in [5, 5.41) is 19.5. The second kappa shape index (κ2) is 11.0. The van der Waals surface area contributed by atoms with Gasteiger partial charge in [-0.3, -0.25) is 9.48 Å². The first-order valence-electron chi connectivity index (χ1n) is 11.9. The molecule has 1 fully saturated rings. The van der Waals surface area contributed by atoms with E-state index in [1.165, 1.54) is 19.2 Å². The molecule has 2 aromatic rings. The Morgan fingerprint density at radius 3 is 2.61 bits per heavy atom. The van der Waals surface area contributed by atoms with E-state index in [0.29, 0.717) is 23.7 Å². The van der Waals surface area contributed by atoms with Crippen molar-refractivity contribution in [2.75, 3.05) is 19.0 Å². The lowest BCUT2D eigenvalue weighted by molar-refractivity contribution is -0.138. The van der Waals surface area contributed by atoms with Gasteiger partial charge in [-0.15, -0.1) is 0 Å². The number of carbonyl (C=O) groups is 1. The average molecular weight is 526 g/mol. The van der Waals surface area contributed by atoms with E-state index in [1.807, 2.05) is 6.92 Å². The number of nitrogens with zero attached hydrogens (tertiary/aromatic N) is 3. The topological polar surface area (TPSA) is 92.0 Å². The second-order valence-electron chi connectivity index (χ2n) is 9.41. The Morgan fingerprint density at radius 1 is 1.39 bits per heavy atom. The van der Waals surface area contributed by atoms with E-state index in [-0.39, 0.29) is 28.7 Å². The molecule has 1 atom stereocenters. The third-order valence-corrected chi connectivity index (χ3v) is 7.15. The van der Waals surface area contributed by atoms with Crippen molar-refractivity contribution in [3.8, 4) is 23.1 Å². The SMILES string of the molecule is CCn1nc(C(=O)NCC2(C#N)CCC(C)CC2)c(Cl)c1-c1ccc(N[C@H](C)C(F)(F)F)cc1OC. The van der Waals surface area contributed by atoms with Gasteiger partial charge in [0.25, 0.3) is 5.91 Å². The predicted octanol–water partition coefficient (Wildman–Crippen LogP) is 6.04.